The number of carbonyl (C=O) groups excluding carboxylic acids is 1. The van der Waals surface area contributed by atoms with Crippen LogP contribution in [0.25, 0.3) is 0 Å². The van der Waals surface area contributed by atoms with Gasteiger partial charge >= 0.3 is 0 Å². The van der Waals surface area contributed by atoms with E-state index in [2.05, 4.69) is 22.2 Å². The summed E-state index contributed by atoms with van der Waals surface area (Å²) in [4.78, 5) is 21.3. The highest BCUT2D eigenvalue weighted by atomic mass is 32.1. The standard InChI is InChI=1S/C18H23N3O3S/c1-3-4-16-20-14(10-25-16)18(23)21-17(12-7-13(22)8-12)11-5-6-15(24-2)19-9-11/h5-6,9-10,12-13,17,22H,3-4,7-8H2,1-2H3,(H,21,23)/t12?,13?,17-/m0/s1. The zero-order chi connectivity index (χ0) is 17.8. The van der Waals surface area contributed by atoms with Gasteiger partial charge in [-0.2, -0.15) is 0 Å². The number of ether oxygens (including phenoxy) is 1. The molecule has 1 amide bonds. The maximum absolute atomic E-state index is 12.6. The van der Waals surface area contributed by atoms with Gasteiger partial charge in [0.05, 0.1) is 24.3 Å². The quantitative estimate of drug-likeness (QED) is 0.792. The van der Waals surface area contributed by atoms with Crippen molar-refractivity contribution in [3.63, 3.8) is 0 Å². The van der Waals surface area contributed by atoms with E-state index in [4.69, 9.17) is 4.74 Å². The summed E-state index contributed by atoms with van der Waals surface area (Å²) in [5, 5.41) is 15.5. The van der Waals surface area contributed by atoms with Gasteiger partial charge in [-0.05, 0) is 37.2 Å². The number of nitrogens with zero attached hydrogens (tertiary/aromatic N) is 2. The third-order valence-corrected chi connectivity index (χ3v) is 5.39. The number of methoxy groups -OCH3 is 1. The number of carbonyl (C=O) groups is 1. The molecule has 0 aliphatic heterocycles. The summed E-state index contributed by atoms with van der Waals surface area (Å²) in [6.45, 7) is 2.09. The van der Waals surface area contributed by atoms with Gasteiger partial charge in [0.25, 0.3) is 5.91 Å². The molecule has 2 aromatic rings. The number of rotatable bonds is 7. The molecule has 3 rings (SSSR count). The Kier molecular flexibility index (Phi) is 5.65. The Bertz CT molecular complexity index is 711. The van der Waals surface area contributed by atoms with Crippen LogP contribution in [0, 0.1) is 5.92 Å². The maximum atomic E-state index is 12.6. The number of aromatic nitrogens is 2. The first-order chi connectivity index (χ1) is 12.1. The van der Waals surface area contributed by atoms with Crippen LogP contribution in [0.4, 0.5) is 0 Å². The molecule has 1 saturated carbocycles. The zero-order valence-corrected chi connectivity index (χ0v) is 15.3. The van der Waals surface area contributed by atoms with Crippen LogP contribution < -0.4 is 10.1 Å². The van der Waals surface area contributed by atoms with Crippen molar-refractivity contribution in [3.05, 3.63) is 40.0 Å². The van der Waals surface area contributed by atoms with Gasteiger partial charge in [-0.1, -0.05) is 13.0 Å². The van der Waals surface area contributed by atoms with Crippen LogP contribution >= 0.6 is 11.3 Å². The van der Waals surface area contributed by atoms with Crippen molar-refractivity contribution in [1.29, 1.82) is 0 Å². The molecule has 0 saturated heterocycles. The second-order valence-electron chi connectivity index (χ2n) is 6.35. The minimum Gasteiger partial charge on any atom is -0.481 e. The topological polar surface area (TPSA) is 84.3 Å². The highest BCUT2D eigenvalue weighted by Crippen LogP contribution is 2.38. The molecular formula is C18H23N3O3S. The van der Waals surface area contributed by atoms with Gasteiger partial charge in [-0.25, -0.2) is 9.97 Å². The minimum atomic E-state index is -0.286. The predicted molar refractivity (Wildman–Crippen MR) is 95.8 cm³/mol. The second kappa shape index (κ2) is 7.93. The van der Waals surface area contributed by atoms with Crippen molar-refractivity contribution >= 4 is 17.2 Å². The van der Waals surface area contributed by atoms with Crippen molar-refractivity contribution in [3.8, 4) is 5.88 Å². The van der Waals surface area contributed by atoms with Crippen molar-refractivity contribution < 1.29 is 14.6 Å². The van der Waals surface area contributed by atoms with Crippen LogP contribution in [0.1, 0.15) is 53.3 Å². The number of thiazole rings is 1. The van der Waals surface area contributed by atoms with Gasteiger partial charge in [-0.15, -0.1) is 11.3 Å². The molecule has 6 nitrogen and oxygen atoms in total. The van der Waals surface area contributed by atoms with E-state index in [1.165, 1.54) is 11.3 Å². The third kappa shape index (κ3) is 4.16. The number of hydrogen-bond donors (Lipinski definition) is 2. The summed E-state index contributed by atoms with van der Waals surface area (Å²) in [5.74, 6) is 0.551. The summed E-state index contributed by atoms with van der Waals surface area (Å²) in [6.07, 6.45) is 4.68. The summed E-state index contributed by atoms with van der Waals surface area (Å²) in [6, 6.07) is 3.50. The summed E-state index contributed by atoms with van der Waals surface area (Å²) in [7, 11) is 1.57. The van der Waals surface area contributed by atoms with Crippen LogP contribution in [0.15, 0.2) is 23.7 Å². The van der Waals surface area contributed by atoms with Crippen molar-refractivity contribution in [2.75, 3.05) is 7.11 Å². The zero-order valence-electron chi connectivity index (χ0n) is 14.4. The van der Waals surface area contributed by atoms with Crippen LogP contribution in [0.5, 0.6) is 5.88 Å². The Morgan fingerprint density at radius 1 is 1.48 bits per heavy atom. The Hall–Kier alpha value is -1.99. The Morgan fingerprint density at radius 3 is 2.88 bits per heavy atom. The number of aliphatic hydroxyl groups excluding tert-OH is 1. The van der Waals surface area contributed by atoms with Crippen LogP contribution in [-0.2, 0) is 6.42 Å². The highest BCUT2D eigenvalue weighted by molar-refractivity contribution is 7.09. The van der Waals surface area contributed by atoms with Crippen molar-refractivity contribution in [2.24, 2.45) is 5.92 Å². The lowest BCUT2D eigenvalue weighted by atomic mass is 9.75. The molecule has 0 radical (unpaired) electrons. The maximum Gasteiger partial charge on any atom is 0.271 e. The average Bonchev–Trinajstić information content (AvgIpc) is 3.06. The number of amides is 1. The van der Waals surface area contributed by atoms with Gasteiger partial charge in [0.15, 0.2) is 0 Å². The summed E-state index contributed by atoms with van der Waals surface area (Å²) in [5.41, 5.74) is 1.37. The van der Waals surface area contributed by atoms with E-state index < -0.39 is 0 Å². The van der Waals surface area contributed by atoms with Gasteiger partial charge in [0, 0.05) is 17.6 Å². The molecule has 25 heavy (non-hydrogen) atoms. The van der Waals surface area contributed by atoms with E-state index in [9.17, 15) is 9.90 Å². The molecule has 2 aromatic heterocycles. The first kappa shape index (κ1) is 17.8. The fourth-order valence-electron chi connectivity index (χ4n) is 3.03. The van der Waals surface area contributed by atoms with Crippen LogP contribution in [-0.4, -0.2) is 34.2 Å². The molecule has 0 aromatic carbocycles. The van der Waals surface area contributed by atoms with E-state index in [0.717, 1.165) is 23.4 Å². The fourth-order valence-corrected chi connectivity index (χ4v) is 3.91. The average molecular weight is 361 g/mol. The predicted octanol–water partition coefficient (Wildman–Crippen LogP) is 2.74. The molecule has 0 bridgehead atoms. The van der Waals surface area contributed by atoms with Crippen molar-refractivity contribution in [1.82, 2.24) is 15.3 Å². The molecule has 0 spiro atoms. The number of aliphatic hydroxyl groups is 1. The lowest BCUT2D eigenvalue weighted by molar-refractivity contribution is 0.0234. The second-order valence-corrected chi connectivity index (χ2v) is 7.29. The van der Waals surface area contributed by atoms with E-state index in [1.807, 2.05) is 6.07 Å². The molecule has 0 unspecified atom stereocenters. The molecule has 1 atom stereocenters. The molecule has 2 N–H and O–H groups in total. The summed E-state index contributed by atoms with van der Waals surface area (Å²) >= 11 is 1.52. The first-order valence-corrected chi connectivity index (χ1v) is 9.42. The normalized spacial score (nSPS) is 20.6. The molecule has 134 valence electrons. The van der Waals surface area contributed by atoms with Gasteiger partial charge in [-0.3, -0.25) is 4.79 Å². The Morgan fingerprint density at radius 2 is 2.28 bits per heavy atom. The van der Waals surface area contributed by atoms with E-state index in [0.29, 0.717) is 24.4 Å². The fraction of sp³-hybridized carbons (Fsp3) is 0.500. The third-order valence-electron chi connectivity index (χ3n) is 4.48. The molecular weight excluding hydrogens is 338 g/mol. The van der Waals surface area contributed by atoms with Gasteiger partial charge < -0.3 is 15.2 Å². The molecule has 7 heteroatoms. The molecule has 1 aliphatic carbocycles. The SMILES string of the molecule is CCCc1nc(C(=O)N[C@@H](c2ccc(OC)nc2)C2CC(O)C2)cs1. The monoisotopic (exact) mass is 361 g/mol. The van der Waals surface area contributed by atoms with Gasteiger partial charge in [0.2, 0.25) is 5.88 Å². The molecule has 1 aliphatic rings. The Balaban J connectivity index is 1.75. The number of hydrogen-bond acceptors (Lipinski definition) is 6. The van der Waals surface area contributed by atoms with Crippen LogP contribution in [0.2, 0.25) is 0 Å². The molecule has 2 heterocycles. The lowest BCUT2D eigenvalue weighted by Gasteiger charge is -2.38. The summed E-state index contributed by atoms with van der Waals surface area (Å²) < 4.78 is 5.10. The highest BCUT2D eigenvalue weighted by Gasteiger charge is 2.36. The molecule has 1 fully saturated rings. The van der Waals surface area contributed by atoms with Crippen LogP contribution in [0.3, 0.4) is 0 Å². The largest absolute Gasteiger partial charge is 0.481 e. The Labute approximate surface area is 151 Å². The number of nitrogens with one attached hydrogen (secondary N) is 1. The lowest BCUT2D eigenvalue weighted by Crippen LogP contribution is -2.41. The first-order valence-electron chi connectivity index (χ1n) is 8.54. The van der Waals surface area contributed by atoms with Gasteiger partial charge in [0.1, 0.15) is 5.69 Å². The number of pyridine rings is 1. The smallest absolute Gasteiger partial charge is 0.271 e. The van der Waals surface area contributed by atoms with Crippen molar-refractivity contribution in [2.45, 2.75) is 44.8 Å². The minimum absolute atomic E-state index is 0.180. The van der Waals surface area contributed by atoms with E-state index >= 15 is 0 Å². The number of aryl methyl sites for hydroxylation is 1. The van der Waals surface area contributed by atoms with E-state index in [1.54, 1.807) is 24.8 Å². The van der Waals surface area contributed by atoms with E-state index in [-0.39, 0.29) is 24.0 Å².